The number of halogens is 1. The van der Waals surface area contributed by atoms with Gasteiger partial charge in [-0.15, -0.1) is 0 Å². The summed E-state index contributed by atoms with van der Waals surface area (Å²) in [5.41, 5.74) is -0.234. The number of benzene rings is 1. The topological polar surface area (TPSA) is 113 Å². The number of hydrogen-bond acceptors (Lipinski definition) is 7. The maximum absolute atomic E-state index is 14.0. The van der Waals surface area contributed by atoms with Crippen molar-refractivity contribution in [3.63, 3.8) is 0 Å². The minimum absolute atomic E-state index is 0.149. The molecule has 190 valence electrons. The fourth-order valence-corrected chi connectivity index (χ4v) is 3.95. The molecule has 1 fully saturated rings. The Hall–Kier alpha value is -3.44. The van der Waals surface area contributed by atoms with E-state index in [1.54, 1.807) is 18.0 Å². The summed E-state index contributed by atoms with van der Waals surface area (Å²) in [4.78, 5) is 33.9. The Labute approximate surface area is 204 Å². The molecule has 2 heterocycles. The summed E-state index contributed by atoms with van der Waals surface area (Å²) in [6.45, 7) is 4.06. The molecule has 1 aliphatic heterocycles. The second-order valence-electron chi connectivity index (χ2n) is 8.80. The number of nitrogens with one attached hydrogen (secondary N) is 2. The van der Waals surface area contributed by atoms with Crippen molar-refractivity contribution in [2.75, 3.05) is 58.0 Å². The van der Waals surface area contributed by atoms with Gasteiger partial charge in [-0.05, 0) is 64.6 Å². The predicted molar refractivity (Wildman–Crippen MR) is 129 cm³/mol. The lowest BCUT2D eigenvalue weighted by Gasteiger charge is -2.36. The van der Waals surface area contributed by atoms with Crippen molar-refractivity contribution in [2.24, 2.45) is 0 Å². The highest BCUT2D eigenvalue weighted by Crippen LogP contribution is 2.27. The van der Waals surface area contributed by atoms with Crippen LogP contribution in [0.5, 0.6) is 11.5 Å². The van der Waals surface area contributed by atoms with E-state index in [-0.39, 0.29) is 23.5 Å². The average Bonchev–Trinajstić information content (AvgIpc) is 2.80. The molecule has 1 aliphatic rings. The number of anilines is 2. The second-order valence-corrected chi connectivity index (χ2v) is 8.80. The van der Waals surface area contributed by atoms with Crippen molar-refractivity contribution in [3.05, 3.63) is 42.3 Å². The summed E-state index contributed by atoms with van der Waals surface area (Å²) in [6, 6.07) is 6.67. The summed E-state index contributed by atoms with van der Waals surface area (Å²) in [5.74, 6) is -0.0100. The molecule has 0 bridgehead atoms. The standard InChI is InChI=1S/C24H33FN6O4/c1-29(2)11-4-12-31-13-8-17(9-14-31)30(3)23(32)28-22-16-19(7-10-26-22)35-18-5-6-21(20(25)15-18)27-24(33)34/h5-7,10,15-17,27H,4,8-9,11-14H2,1-3H3,(H,33,34)(H,26,28,32)/p-1. The van der Waals surface area contributed by atoms with Gasteiger partial charge in [-0.2, -0.15) is 0 Å². The number of likely N-dealkylation sites (tertiary alicyclic amines) is 1. The maximum Gasteiger partial charge on any atom is 0.323 e. The number of carboxylic acid groups (broad SMARTS) is 1. The van der Waals surface area contributed by atoms with E-state index < -0.39 is 11.9 Å². The number of aromatic nitrogens is 1. The molecule has 11 heteroatoms. The minimum Gasteiger partial charge on any atom is -0.530 e. The molecule has 1 aromatic carbocycles. The van der Waals surface area contributed by atoms with Gasteiger partial charge in [0, 0.05) is 44.5 Å². The molecule has 2 aromatic rings. The van der Waals surface area contributed by atoms with Gasteiger partial charge < -0.3 is 34.7 Å². The first-order valence-electron chi connectivity index (χ1n) is 11.5. The fourth-order valence-electron chi connectivity index (χ4n) is 3.95. The quantitative estimate of drug-likeness (QED) is 0.559. The molecule has 35 heavy (non-hydrogen) atoms. The van der Waals surface area contributed by atoms with Gasteiger partial charge in [-0.25, -0.2) is 14.2 Å². The minimum atomic E-state index is -1.61. The number of carbonyl (C=O) groups is 2. The summed E-state index contributed by atoms with van der Waals surface area (Å²) in [6.07, 6.45) is 2.82. The van der Waals surface area contributed by atoms with E-state index in [2.05, 4.69) is 34.2 Å². The van der Waals surface area contributed by atoms with Crippen LogP contribution in [0.2, 0.25) is 0 Å². The smallest absolute Gasteiger partial charge is 0.323 e. The second kappa shape index (κ2) is 12.3. The number of carbonyl (C=O) groups excluding carboxylic acids is 2. The van der Waals surface area contributed by atoms with E-state index >= 15 is 0 Å². The molecule has 0 atom stereocenters. The van der Waals surface area contributed by atoms with Crippen LogP contribution < -0.4 is 20.5 Å². The Bertz CT molecular complexity index is 1010. The van der Waals surface area contributed by atoms with Gasteiger partial charge in [0.05, 0.1) is 5.69 Å². The Morgan fingerprint density at radius 1 is 1.14 bits per heavy atom. The van der Waals surface area contributed by atoms with Crippen LogP contribution in [0.4, 0.5) is 25.5 Å². The third-order valence-corrected chi connectivity index (χ3v) is 5.88. The van der Waals surface area contributed by atoms with E-state index in [0.29, 0.717) is 11.6 Å². The van der Waals surface area contributed by atoms with Crippen molar-refractivity contribution in [1.82, 2.24) is 19.7 Å². The monoisotopic (exact) mass is 487 g/mol. The first kappa shape index (κ1) is 26.2. The highest BCUT2D eigenvalue weighted by atomic mass is 19.1. The van der Waals surface area contributed by atoms with Crippen LogP contribution in [-0.2, 0) is 0 Å². The van der Waals surface area contributed by atoms with Crippen LogP contribution in [0.1, 0.15) is 19.3 Å². The van der Waals surface area contributed by atoms with Crippen LogP contribution in [0.25, 0.3) is 0 Å². The zero-order valence-corrected chi connectivity index (χ0v) is 20.3. The molecule has 3 rings (SSSR count). The Balaban J connectivity index is 1.51. The molecule has 0 spiro atoms. The molecule has 10 nitrogen and oxygen atoms in total. The van der Waals surface area contributed by atoms with Crippen LogP contribution in [-0.4, -0.2) is 85.2 Å². The third kappa shape index (κ3) is 8.08. The highest BCUT2D eigenvalue weighted by molar-refractivity contribution is 5.88. The van der Waals surface area contributed by atoms with E-state index in [9.17, 15) is 19.1 Å². The van der Waals surface area contributed by atoms with Crippen LogP contribution in [0.15, 0.2) is 36.5 Å². The number of amides is 3. The highest BCUT2D eigenvalue weighted by Gasteiger charge is 2.25. The molecule has 1 aromatic heterocycles. The molecular weight excluding hydrogens is 455 g/mol. The van der Waals surface area contributed by atoms with Crippen LogP contribution in [0, 0.1) is 5.82 Å². The van der Waals surface area contributed by atoms with Gasteiger partial charge >= 0.3 is 6.03 Å². The number of urea groups is 1. The van der Waals surface area contributed by atoms with Crippen molar-refractivity contribution < 1.29 is 23.8 Å². The van der Waals surface area contributed by atoms with E-state index in [1.165, 1.54) is 24.4 Å². The zero-order chi connectivity index (χ0) is 25.4. The summed E-state index contributed by atoms with van der Waals surface area (Å²) in [7, 11) is 5.94. The molecule has 0 unspecified atom stereocenters. The molecule has 0 radical (unpaired) electrons. The van der Waals surface area contributed by atoms with Gasteiger partial charge in [-0.3, -0.25) is 5.32 Å². The lowest BCUT2D eigenvalue weighted by atomic mass is 10.0. The summed E-state index contributed by atoms with van der Waals surface area (Å²) >= 11 is 0. The van der Waals surface area contributed by atoms with E-state index in [4.69, 9.17) is 4.74 Å². The van der Waals surface area contributed by atoms with E-state index in [0.717, 1.165) is 51.5 Å². The third-order valence-electron chi connectivity index (χ3n) is 5.88. The normalized spacial score (nSPS) is 14.5. The number of hydrogen-bond donors (Lipinski definition) is 2. The first-order valence-corrected chi connectivity index (χ1v) is 11.5. The summed E-state index contributed by atoms with van der Waals surface area (Å²) < 4.78 is 19.7. The number of piperidine rings is 1. The zero-order valence-electron chi connectivity index (χ0n) is 20.3. The number of ether oxygens (including phenoxy) is 1. The Morgan fingerprint density at radius 2 is 1.86 bits per heavy atom. The molecular formula is C24H32FN6O4-. The molecule has 1 saturated heterocycles. The number of rotatable bonds is 9. The Kier molecular flexibility index (Phi) is 9.21. The number of nitrogens with zero attached hydrogens (tertiary/aromatic N) is 4. The molecule has 0 saturated carbocycles. The van der Waals surface area contributed by atoms with Gasteiger partial charge in [0.2, 0.25) is 0 Å². The van der Waals surface area contributed by atoms with Gasteiger partial charge in [-0.1, -0.05) is 0 Å². The lowest BCUT2D eigenvalue weighted by molar-refractivity contribution is -0.242. The van der Waals surface area contributed by atoms with E-state index in [1.807, 2.05) is 5.32 Å². The summed E-state index contributed by atoms with van der Waals surface area (Å²) in [5, 5.41) is 15.2. The largest absolute Gasteiger partial charge is 0.530 e. The van der Waals surface area contributed by atoms with Crippen molar-refractivity contribution in [2.45, 2.75) is 25.3 Å². The SMILES string of the molecule is CN(C)CCCN1CCC(N(C)C(=O)Nc2cc(Oc3ccc(NC(=O)[O-])c(F)c3)ccn2)CC1. The van der Waals surface area contributed by atoms with Crippen LogP contribution >= 0.6 is 0 Å². The molecule has 2 N–H and O–H groups in total. The lowest BCUT2D eigenvalue weighted by Crippen LogP contribution is -2.47. The van der Waals surface area contributed by atoms with Gasteiger partial charge in [0.25, 0.3) is 0 Å². The Morgan fingerprint density at radius 3 is 2.51 bits per heavy atom. The molecule has 3 amide bonds. The fraction of sp³-hybridized carbons (Fsp3) is 0.458. The first-order chi connectivity index (χ1) is 16.7. The number of pyridine rings is 1. The van der Waals surface area contributed by atoms with Crippen molar-refractivity contribution in [3.8, 4) is 11.5 Å². The van der Waals surface area contributed by atoms with Crippen LogP contribution in [0.3, 0.4) is 0 Å². The van der Waals surface area contributed by atoms with Gasteiger partial charge in [0.1, 0.15) is 29.2 Å². The molecule has 0 aliphatic carbocycles. The maximum atomic E-state index is 14.0. The van der Waals surface area contributed by atoms with Crippen molar-refractivity contribution >= 4 is 23.6 Å². The van der Waals surface area contributed by atoms with Gasteiger partial charge in [0.15, 0.2) is 0 Å². The predicted octanol–water partition coefficient (Wildman–Crippen LogP) is 2.65. The van der Waals surface area contributed by atoms with Crippen molar-refractivity contribution in [1.29, 1.82) is 0 Å². The average molecular weight is 488 g/mol.